The van der Waals surface area contributed by atoms with Crippen molar-refractivity contribution in [2.24, 2.45) is 14.1 Å². The van der Waals surface area contributed by atoms with E-state index in [1.54, 1.807) is 29.0 Å². The highest BCUT2D eigenvalue weighted by Crippen LogP contribution is 2.40. The molecule has 4 rings (SSSR count). The first-order valence-electron chi connectivity index (χ1n) is 8.05. The molecular weight excluding hydrogens is 393 g/mol. The van der Waals surface area contributed by atoms with Gasteiger partial charge in [0.25, 0.3) is 0 Å². The maximum atomic E-state index is 13.0. The lowest BCUT2D eigenvalue weighted by atomic mass is 10.3. The highest BCUT2D eigenvalue weighted by atomic mass is 33.1. The Labute approximate surface area is 161 Å². The second kappa shape index (κ2) is 6.49. The zero-order valence-corrected chi connectivity index (χ0v) is 16.3. The largest absolute Gasteiger partial charge is 0.449 e. The summed E-state index contributed by atoms with van der Waals surface area (Å²) in [5.41, 5.74) is 2.80. The van der Waals surface area contributed by atoms with E-state index < -0.39 is 12.0 Å². The summed E-state index contributed by atoms with van der Waals surface area (Å²) in [5.74, 6) is 0.0614. The molecule has 0 unspecified atom stereocenters. The van der Waals surface area contributed by atoms with Gasteiger partial charge < -0.3 is 9.13 Å². The van der Waals surface area contributed by atoms with Crippen molar-refractivity contribution in [2.75, 3.05) is 0 Å². The van der Waals surface area contributed by atoms with Crippen molar-refractivity contribution in [3.8, 4) is 0 Å². The predicted molar refractivity (Wildman–Crippen MR) is 103 cm³/mol. The van der Waals surface area contributed by atoms with Gasteiger partial charge in [0.2, 0.25) is 5.82 Å². The number of halogens is 3. The molecule has 0 spiro atoms. The zero-order valence-electron chi connectivity index (χ0n) is 14.7. The third-order valence-corrected chi connectivity index (χ3v) is 6.80. The normalized spacial score (nSPS) is 12.4. The van der Waals surface area contributed by atoms with E-state index >= 15 is 0 Å². The van der Waals surface area contributed by atoms with E-state index in [9.17, 15) is 13.2 Å². The Balaban J connectivity index is 1.60. The zero-order chi connectivity index (χ0) is 19.3. The minimum Gasteiger partial charge on any atom is -0.331 e. The molecule has 0 atom stereocenters. The highest BCUT2D eigenvalue weighted by Gasteiger charge is 2.36. The van der Waals surface area contributed by atoms with Crippen molar-refractivity contribution < 1.29 is 13.2 Å². The van der Waals surface area contributed by atoms with Crippen LogP contribution in [0.2, 0.25) is 0 Å². The SMILES string of the molecule is Cc1nc2ccc(SSc3ccc4nc(C(F)(F)F)n(C)c4c3)cc2n1C. The van der Waals surface area contributed by atoms with Crippen LogP contribution in [-0.2, 0) is 20.3 Å². The summed E-state index contributed by atoms with van der Waals surface area (Å²) < 4.78 is 42.2. The number of imidazole rings is 2. The van der Waals surface area contributed by atoms with Crippen molar-refractivity contribution in [1.82, 2.24) is 19.1 Å². The quantitative estimate of drug-likeness (QED) is 0.414. The van der Waals surface area contributed by atoms with Gasteiger partial charge >= 0.3 is 6.18 Å². The van der Waals surface area contributed by atoms with E-state index in [1.165, 1.54) is 17.8 Å². The van der Waals surface area contributed by atoms with Crippen LogP contribution in [0.3, 0.4) is 0 Å². The molecule has 0 bridgehead atoms. The van der Waals surface area contributed by atoms with Gasteiger partial charge in [-0.3, -0.25) is 0 Å². The lowest BCUT2D eigenvalue weighted by molar-refractivity contribution is -0.146. The molecule has 2 aromatic carbocycles. The van der Waals surface area contributed by atoms with Gasteiger partial charge in [-0.2, -0.15) is 13.2 Å². The van der Waals surface area contributed by atoms with E-state index in [4.69, 9.17) is 0 Å². The van der Waals surface area contributed by atoms with E-state index in [0.717, 1.165) is 31.2 Å². The van der Waals surface area contributed by atoms with E-state index in [1.807, 2.05) is 30.7 Å². The Morgan fingerprint density at radius 3 is 1.89 bits per heavy atom. The molecule has 9 heteroatoms. The molecule has 0 amide bonds. The molecule has 2 aromatic heterocycles. The number of fused-ring (bicyclic) bond motifs is 2. The van der Waals surface area contributed by atoms with E-state index in [-0.39, 0.29) is 0 Å². The molecule has 140 valence electrons. The van der Waals surface area contributed by atoms with Gasteiger partial charge in [-0.1, -0.05) is 21.6 Å². The number of nitrogens with zero attached hydrogens (tertiary/aromatic N) is 4. The van der Waals surface area contributed by atoms with Crippen LogP contribution in [0, 0.1) is 6.92 Å². The van der Waals surface area contributed by atoms with Gasteiger partial charge in [-0.25, -0.2) is 9.97 Å². The van der Waals surface area contributed by atoms with Crippen LogP contribution in [0.1, 0.15) is 11.6 Å². The second-order valence-corrected chi connectivity index (χ2v) is 8.45. The lowest BCUT2D eigenvalue weighted by Gasteiger charge is -2.06. The average molecular weight is 408 g/mol. The summed E-state index contributed by atoms with van der Waals surface area (Å²) in [5, 5.41) is 0. The first-order chi connectivity index (χ1) is 12.7. The van der Waals surface area contributed by atoms with Gasteiger partial charge in [0, 0.05) is 23.9 Å². The summed E-state index contributed by atoms with van der Waals surface area (Å²) >= 11 is 0. The Hall–Kier alpha value is -2.13. The van der Waals surface area contributed by atoms with Crippen LogP contribution >= 0.6 is 21.6 Å². The molecule has 0 saturated heterocycles. The summed E-state index contributed by atoms with van der Waals surface area (Å²) in [4.78, 5) is 10.1. The van der Waals surface area contributed by atoms with Crippen molar-refractivity contribution in [3.05, 3.63) is 48.0 Å². The van der Waals surface area contributed by atoms with Crippen LogP contribution in [0.4, 0.5) is 13.2 Å². The number of hydrogen-bond donors (Lipinski definition) is 0. The first kappa shape index (κ1) is 18.2. The van der Waals surface area contributed by atoms with Crippen molar-refractivity contribution in [1.29, 1.82) is 0 Å². The topological polar surface area (TPSA) is 35.6 Å². The molecule has 0 aliphatic heterocycles. The number of rotatable bonds is 3. The smallest absolute Gasteiger partial charge is 0.331 e. The lowest BCUT2D eigenvalue weighted by Crippen LogP contribution is -2.12. The van der Waals surface area contributed by atoms with E-state index in [2.05, 4.69) is 16.0 Å². The molecule has 4 nitrogen and oxygen atoms in total. The Kier molecular flexibility index (Phi) is 4.38. The molecule has 0 fully saturated rings. The van der Waals surface area contributed by atoms with Gasteiger partial charge in [0.15, 0.2) is 0 Å². The minimum atomic E-state index is -4.47. The molecule has 2 heterocycles. The number of benzene rings is 2. The fourth-order valence-corrected chi connectivity index (χ4v) is 4.87. The number of hydrogen-bond acceptors (Lipinski definition) is 4. The molecule has 0 aliphatic rings. The van der Waals surface area contributed by atoms with Crippen molar-refractivity contribution in [3.63, 3.8) is 0 Å². The summed E-state index contributed by atoms with van der Waals surface area (Å²) in [6.45, 7) is 1.96. The molecule has 0 saturated carbocycles. The van der Waals surface area contributed by atoms with Crippen LogP contribution in [-0.4, -0.2) is 19.1 Å². The van der Waals surface area contributed by atoms with Crippen LogP contribution < -0.4 is 0 Å². The second-order valence-electron chi connectivity index (χ2n) is 6.18. The first-order valence-corrected chi connectivity index (χ1v) is 10.2. The number of aromatic nitrogens is 4. The van der Waals surface area contributed by atoms with Gasteiger partial charge in [0.05, 0.1) is 22.1 Å². The van der Waals surface area contributed by atoms with Gasteiger partial charge in [0.1, 0.15) is 5.82 Å². The Morgan fingerprint density at radius 1 is 0.815 bits per heavy atom. The van der Waals surface area contributed by atoms with Crippen LogP contribution in [0.15, 0.2) is 46.2 Å². The molecule has 0 radical (unpaired) electrons. The van der Waals surface area contributed by atoms with Gasteiger partial charge in [-0.05, 0) is 43.3 Å². The average Bonchev–Trinajstić information content (AvgIpc) is 3.10. The van der Waals surface area contributed by atoms with Crippen LogP contribution in [0.5, 0.6) is 0 Å². The van der Waals surface area contributed by atoms with Gasteiger partial charge in [-0.15, -0.1) is 0 Å². The fourth-order valence-electron chi connectivity index (χ4n) is 2.91. The number of aryl methyl sites for hydroxylation is 3. The summed E-state index contributed by atoms with van der Waals surface area (Å²) in [7, 11) is 6.42. The maximum absolute atomic E-state index is 13.0. The predicted octanol–water partition coefficient (Wildman–Crippen LogP) is 5.59. The summed E-state index contributed by atoms with van der Waals surface area (Å²) in [6, 6.07) is 11.2. The Morgan fingerprint density at radius 2 is 1.33 bits per heavy atom. The molecule has 4 aromatic rings. The van der Waals surface area contributed by atoms with Crippen molar-refractivity contribution in [2.45, 2.75) is 22.9 Å². The standard InChI is InChI=1S/C18H15F3N4S2/c1-10-22-13-6-4-11(8-15(13)24(10)2)26-27-12-5-7-14-16(9-12)25(3)17(23-14)18(19,20)21/h4-9H,1-3H3. The maximum Gasteiger partial charge on any atom is 0.449 e. The molecular formula is C18H15F3N4S2. The summed E-state index contributed by atoms with van der Waals surface area (Å²) in [6.07, 6.45) is -4.47. The molecule has 0 N–H and O–H groups in total. The third-order valence-electron chi connectivity index (χ3n) is 4.42. The fraction of sp³-hybridized carbons (Fsp3) is 0.222. The van der Waals surface area contributed by atoms with Crippen molar-refractivity contribution >= 4 is 43.7 Å². The number of alkyl halides is 3. The third kappa shape index (κ3) is 3.29. The van der Waals surface area contributed by atoms with E-state index in [0.29, 0.717) is 11.0 Å². The monoisotopic (exact) mass is 408 g/mol. The minimum absolute atomic E-state index is 0.339. The molecule has 0 aliphatic carbocycles. The Bertz CT molecular complexity index is 1160. The highest BCUT2D eigenvalue weighted by molar-refractivity contribution is 8.76. The molecule has 27 heavy (non-hydrogen) atoms. The van der Waals surface area contributed by atoms with Crippen LogP contribution in [0.25, 0.3) is 22.1 Å².